The molecular formula is C8H11NOS. The Morgan fingerprint density at radius 1 is 1.82 bits per heavy atom. The number of hydrogen-bond acceptors (Lipinski definition) is 3. The Morgan fingerprint density at radius 2 is 2.45 bits per heavy atom. The van der Waals surface area contributed by atoms with Gasteiger partial charge in [-0.3, -0.25) is 0 Å². The number of aryl methyl sites for hydroxylation is 1. The van der Waals surface area contributed by atoms with E-state index in [1.165, 1.54) is 11.3 Å². The van der Waals surface area contributed by atoms with Gasteiger partial charge >= 0.3 is 0 Å². The van der Waals surface area contributed by atoms with Crippen LogP contribution in [0.5, 0.6) is 0 Å². The molecule has 1 N–H and O–H groups in total. The summed E-state index contributed by atoms with van der Waals surface area (Å²) in [5, 5.41) is 12.3. The van der Waals surface area contributed by atoms with E-state index in [0.717, 1.165) is 10.6 Å². The zero-order chi connectivity index (χ0) is 8.43. The lowest BCUT2D eigenvalue weighted by molar-refractivity contribution is 0.212. The first-order valence-electron chi connectivity index (χ1n) is 3.36. The van der Waals surface area contributed by atoms with Crippen LogP contribution in [0.25, 0.3) is 0 Å². The van der Waals surface area contributed by atoms with Crippen LogP contribution in [0.2, 0.25) is 0 Å². The Labute approximate surface area is 70.2 Å². The topological polar surface area (TPSA) is 33.1 Å². The second-order valence-electron chi connectivity index (χ2n) is 2.54. The summed E-state index contributed by atoms with van der Waals surface area (Å²) in [4.78, 5) is 4.14. The molecule has 11 heavy (non-hydrogen) atoms. The number of aliphatic hydroxyl groups is 1. The summed E-state index contributed by atoms with van der Waals surface area (Å²) in [6, 6.07) is 0. The van der Waals surface area contributed by atoms with Crippen molar-refractivity contribution in [3.8, 4) is 0 Å². The molecule has 1 aromatic heterocycles. The Hall–Kier alpha value is -0.670. The molecule has 3 heteroatoms. The highest BCUT2D eigenvalue weighted by Crippen LogP contribution is 2.20. The lowest BCUT2D eigenvalue weighted by Crippen LogP contribution is -1.97. The van der Waals surface area contributed by atoms with Crippen LogP contribution in [-0.2, 0) is 0 Å². The molecule has 0 saturated heterocycles. The molecule has 0 aromatic carbocycles. The number of rotatable bonds is 2. The van der Waals surface area contributed by atoms with Gasteiger partial charge in [-0.15, -0.1) is 11.3 Å². The van der Waals surface area contributed by atoms with E-state index in [4.69, 9.17) is 0 Å². The van der Waals surface area contributed by atoms with Crippen LogP contribution in [-0.4, -0.2) is 10.1 Å². The van der Waals surface area contributed by atoms with Gasteiger partial charge in [0.25, 0.3) is 0 Å². The molecule has 1 rings (SSSR count). The SMILES string of the molecule is C=C(C)C(O)c1csc(C)n1. The molecule has 0 spiro atoms. The van der Waals surface area contributed by atoms with Gasteiger partial charge in [0.2, 0.25) is 0 Å². The van der Waals surface area contributed by atoms with E-state index in [0.29, 0.717) is 5.69 Å². The molecule has 60 valence electrons. The highest BCUT2D eigenvalue weighted by Gasteiger charge is 2.10. The molecule has 0 fully saturated rings. The molecule has 0 saturated carbocycles. The molecule has 0 aliphatic heterocycles. The molecule has 1 atom stereocenters. The first-order valence-corrected chi connectivity index (χ1v) is 4.24. The fourth-order valence-electron chi connectivity index (χ4n) is 0.758. The maximum atomic E-state index is 9.46. The Bertz CT molecular complexity index is 267. The van der Waals surface area contributed by atoms with Gasteiger partial charge < -0.3 is 5.11 Å². The van der Waals surface area contributed by atoms with Crippen LogP contribution in [0.4, 0.5) is 0 Å². The van der Waals surface area contributed by atoms with Gasteiger partial charge in [-0.2, -0.15) is 0 Å². The first kappa shape index (κ1) is 8.43. The molecule has 1 aromatic rings. The maximum absolute atomic E-state index is 9.46. The van der Waals surface area contributed by atoms with Gasteiger partial charge in [-0.1, -0.05) is 6.58 Å². The number of hydrogen-bond donors (Lipinski definition) is 1. The molecule has 0 bridgehead atoms. The van der Waals surface area contributed by atoms with E-state index in [1.54, 1.807) is 6.92 Å². The zero-order valence-corrected chi connectivity index (χ0v) is 7.48. The number of thiazole rings is 1. The normalized spacial score (nSPS) is 13.0. The van der Waals surface area contributed by atoms with Gasteiger partial charge in [0.1, 0.15) is 6.10 Å². The van der Waals surface area contributed by atoms with Crippen LogP contribution in [0, 0.1) is 6.92 Å². The van der Waals surface area contributed by atoms with Crippen molar-refractivity contribution in [3.63, 3.8) is 0 Å². The average Bonchev–Trinajstić information content (AvgIpc) is 2.34. The minimum atomic E-state index is -0.597. The fraction of sp³-hybridized carbons (Fsp3) is 0.375. The predicted molar refractivity (Wildman–Crippen MR) is 46.6 cm³/mol. The molecule has 1 unspecified atom stereocenters. The Balaban J connectivity index is 2.84. The summed E-state index contributed by atoms with van der Waals surface area (Å²) in [6.07, 6.45) is -0.597. The predicted octanol–water partition coefficient (Wildman–Crippen LogP) is 2.06. The molecule has 0 aliphatic rings. The van der Waals surface area contributed by atoms with Gasteiger partial charge in [0, 0.05) is 5.38 Å². The number of nitrogens with zero attached hydrogens (tertiary/aromatic N) is 1. The molecular weight excluding hydrogens is 158 g/mol. The molecule has 2 nitrogen and oxygen atoms in total. The third-order valence-electron chi connectivity index (χ3n) is 1.38. The average molecular weight is 169 g/mol. The smallest absolute Gasteiger partial charge is 0.117 e. The zero-order valence-electron chi connectivity index (χ0n) is 6.66. The van der Waals surface area contributed by atoms with Crippen LogP contribution in [0.15, 0.2) is 17.5 Å². The molecule has 0 aliphatic carbocycles. The Kier molecular flexibility index (Phi) is 2.42. The van der Waals surface area contributed by atoms with Crippen molar-refractivity contribution in [1.29, 1.82) is 0 Å². The third kappa shape index (κ3) is 1.88. The largest absolute Gasteiger partial charge is 0.382 e. The summed E-state index contributed by atoms with van der Waals surface area (Å²) in [6.45, 7) is 7.36. The molecule has 0 amide bonds. The first-order chi connectivity index (χ1) is 5.11. The van der Waals surface area contributed by atoms with Crippen molar-refractivity contribution in [3.05, 3.63) is 28.2 Å². The maximum Gasteiger partial charge on any atom is 0.117 e. The highest BCUT2D eigenvalue weighted by molar-refractivity contribution is 7.09. The van der Waals surface area contributed by atoms with Crippen molar-refractivity contribution >= 4 is 11.3 Å². The van der Waals surface area contributed by atoms with Crippen molar-refractivity contribution in [2.75, 3.05) is 0 Å². The van der Waals surface area contributed by atoms with Crippen LogP contribution in [0.3, 0.4) is 0 Å². The van der Waals surface area contributed by atoms with Gasteiger partial charge in [-0.25, -0.2) is 4.98 Å². The van der Waals surface area contributed by atoms with Crippen molar-refractivity contribution < 1.29 is 5.11 Å². The monoisotopic (exact) mass is 169 g/mol. The van der Waals surface area contributed by atoms with Crippen LogP contribution >= 0.6 is 11.3 Å². The van der Waals surface area contributed by atoms with Crippen molar-refractivity contribution in [1.82, 2.24) is 4.98 Å². The lowest BCUT2D eigenvalue weighted by atomic mass is 10.1. The summed E-state index contributed by atoms with van der Waals surface area (Å²) in [5.41, 5.74) is 1.44. The second-order valence-corrected chi connectivity index (χ2v) is 3.60. The van der Waals surface area contributed by atoms with Gasteiger partial charge in [0.15, 0.2) is 0 Å². The fourth-order valence-corrected chi connectivity index (χ4v) is 1.39. The van der Waals surface area contributed by atoms with E-state index >= 15 is 0 Å². The van der Waals surface area contributed by atoms with E-state index in [1.807, 2.05) is 12.3 Å². The third-order valence-corrected chi connectivity index (χ3v) is 2.18. The minimum absolute atomic E-state index is 0.597. The molecule has 1 heterocycles. The highest BCUT2D eigenvalue weighted by atomic mass is 32.1. The van der Waals surface area contributed by atoms with Gasteiger partial charge in [-0.05, 0) is 19.4 Å². The number of aromatic nitrogens is 1. The van der Waals surface area contributed by atoms with E-state index < -0.39 is 6.10 Å². The van der Waals surface area contributed by atoms with E-state index in [2.05, 4.69) is 11.6 Å². The Morgan fingerprint density at radius 3 is 2.82 bits per heavy atom. The van der Waals surface area contributed by atoms with Crippen LogP contribution in [0.1, 0.15) is 23.7 Å². The summed E-state index contributed by atoms with van der Waals surface area (Å²) >= 11 is 1.54. The van der Waals surface area contributed by atoms with E-state index in [9.17, 15) is 5.11 Å². The summed E-state index contributed by atoms with van der Waals surface area (Å²) in [5.74, 6) is 0. The van der Waals surface area contributed by atoms with Gasteiger partial charge in [0.05, 0.1) is 10.7 Å². The second kappa shape index (κ2) is 3.15. The summed E-state index contributed by atoms with van der Waals surface area (Å²) in [7, 11) is 0. The van der Waals surface area contributed by atoms with Crippen molar-refractivity contribution in [2.24, 2.45) is 0 Å². The van der Waals surface area contributed by atoms with Crippen molar-refractivity contribution in [2.45, 2.75) is 20.0 Å². The minimum Gasteiger partial charge on any atom is -0.382 e. The summed E-state index contributed by atoms with van der Waals surface area (Å²) < 4.78 is 0. The quantitative estimate of drug-likeness (QED) is 0.687. The van der Waals surface area contributed by atoms with Crippen LogP contribution < -0.4 is 0 Å². The standard InChI is InChI=1S/C8H11NOS/c1-5(2)8(10)7-4-11-6(3)9-7/h4,8,10H,1H2,2-3H3. The lowest BCUT2D eigenvalue weighted by Gasteiger charge is -2.04. The molecule has 0 radical (unpaired) electrons. The van der Waals surface area contributed by atoms with E-state index in [-0.39, 0.29) is 0 Å². The number of aliphatic hydroxyl groups excluding tert-OH is 1.